The molecule has 0 saturated heterocycles. The quantitative estimate of drug-likeness (QED) is 0.211. The molecule has 0 aliphatic carbocycles. The molecule has 0 spiro atoms. The van der Waals surface area contributed by atoms with E-state index in [2.05, 4.69) is 13.1 Å². The molecule has 152 valence electrons. The normalized spacial score (nSPS) is 12.5. The summed E-state index contributed by atoms with van der Waals surface area (Å²) in [4.78, 5) is 33.4. The van der Waals surface area contributed by atoms with Crippen LogP contribution in [0.3, 0.4) is 0 Å². The third-order valence-corrected chi connectivity index (χ3v) is 8.50. The molecule has 0 N–H and O–H groups in total. The molecule has 2 aromatic carbocycles. The lowest BCUT2D eigenvalue weighted by Crippen LogP contribution is -2.54. The predicted octanol–water partition coefficient (Wildman–Crippen LogP) is 4.15. The average molecular weight is 414 g/mol. The first-order chi connectivity index (χ1) is 13.7. The number of nitro groups is 2. The average Bonchev–Trinajstić information content (AvgIpc) is 2.70. The van der Waals surface area contributed by atoms with Crippen molar-refractivity contribution in [1.82, 2.24) is 0 Å². The van der Waals surface area contributed by atoms with Gasteiger partial charge in [-0.3, -0.25) is 20.2 Å². The van der Waals surface area contributed by atoms with Gasteiger partial charge in [-0.25, -0.2) is 4.79 Å². The van der Waals surface area contributed by atoms with Gasteiger partial charge in [-0.05, 0) is 13.3 Å². The maximum Gasteiger partial charge on any atom is 0.338 e. The number of carbonyl (C=O) groups is 1. The Balaban J connectivity index is 2.40. The molecule has 9 heteroatoms. The molecule has 2 rings (SSSR count). The Morgan fingerprint density at radius 3 is 2.10 bits per heavy atom. The van der Waals surface area contributed by atoms with Crippen molar-refractivity contribution < 1.29 is 19.4 Å². The maximum absolute atomic E-state index is 12.8. The lowest BCUT2D eigenvalue weighted by atomic mass is 10.2. The van der Waals surface area contributed by atoms with Crippen LogP contribution >= 0.6 is 0 Å². The van der Waals surface area contributed by atoms with Crippen molar-refractivity contribution in [2.75, 3.05) is 0 Å². The summed E-state index contributed by atoms with van der Waals surface area (Å²) in [7, 11) is -2.27. The molecule has 1 atom stereocenters. The number of non-ortho nitro benzene ring substituents is 2. The first-order valence-corrected chi connectivity index (χ1v) is 12.1. The van der Waals surface area contributed by atoms with Gasteiger partial charge >= 0.3 is 5.97 Å². The Hall–Kier alpha value is -3.33. The molecule has 0 amide bonds. The van der Waals surface area contributed by atoms with Gasteiger partial charge in [0.25, 0.3) is 11.4 Å². The summed E-state index contributed by atoms with van der Waals surface area (Å²) < 4.78 is 5.75. The largest absolute Gasteiger partial charge is 0.462 e. The molecule has 8 nitrogen and oxygen atoms in total. The van der Waals surface area contributed by atoms with Crippen LogP contribution in [0.5, 0.6) is 0 Å². The first kappa shape index (κ1) is 22.0. The fourth-order valence-electron chi connectivity index (χ4n) is 2.92. The van der Waals surface area contributed by atoms with E-state index >= 15 is 0 Å². The van der Waals surface area contributed by atoms with Gasteiger partial charge in [-0.15, -0.1) is 0 Å². The lowest BCUT2D eigenvalue weighted by Gasteiger charge is -2.32. The second-order valence-electron chi connectivity index (χ2n) is 7.04. The van der Waals surface area contributed by atoms with Crippen LogP contribution in [0.2, 0.25) is 13.1 Å². The van der Waals surface area contributed by atoms with E-state index in [1.807, 2.05) is 49.4 Å². The van der Waals surface area contributed by atoms with Crippen LogP contribution in [0, 0.1) is 20.2 Å². The van der Waals surface area contributed by atoms with Gasteiger partial charge < -0.3 is 4.74 Å². The van der Waals surface area contributed by atoms with Gasteiger partial charge in [0.15, 0.2) is 0 Å². The molecular weight excluding hydrogens is 392 g/mol. The van der Waals surface area contributed by atoms with Crippen molar-refractivity contribution in [2.45, 2.75) is 32.2 Å². The fraction of sp³-hybridized carbons (Fsp3) is 0.250. The minimum Gasteiger partial charge on any atom is -0.462 e. The van der Waals surface area contributed by atoms with E-state index in [-0.39, 0.29) is 5.56 Å². The molecule has 0 radical (unpaired) electrons. The van der Waals surface area contributed by atoms with Gasteiger partial charge in [0.05, 0.1) is 27.2 Å². The molecule has 1 unspecified atom stereocenters. The van der Waals surface area contributed by atoms with Crippen LogP contribution in [0.1, 0.15) is 23.7 Å². The summed E-state index contributed by atoms with van der Waals surface area (Å²) >= 11 is 0. The molecule has 0 aromatic heterocycles. The topological polar surface area (TPSA) is 113 Å². The third kappa shape index (κ3) is 5.35. The highest BCUT2D eigenvalue weighted by Gasteiger charge is 2.36. The maximum atomic E-state index is 12.8. The summed E-state index contributed by atoms with van der Waals surface area (Å²) in [6.45, 7) is 6.00. The minimum absolute atomic E-state index is 0.214. The zero-order chi connectivity index (χ0) is 21.6. The molecule has 0 aliphatic heterocycles. The van der Waals surface area contributed by atoms with Gasteiger partial charge in [0.2, 0.25) is 0 Å². The molecule has 0 fully saturated rings. The second-order valence-corrected chi connectivity index (χ2v) is 11.7. The molecular formula is C20H22N2O6Si. The van der Waals surface area contributed by atoms with E-state index in [0.717, 1.165) is 23.4 Å². The second kappa shape index (κ2) is 9.24. The van der Waals surface area contributed by atoms with E-state index in [1.165, 1.54) is 0 Å². The Morgan fingerprint density at radius 1 is 1.07 bits per heavy atom. The Bertz CT molecular complexity index is 911. The van der Waals surface area contributed by atoms with Crippen LogP contribution in [0.15, 0.2) is 60.7 Å². The highest BCUT2D eigenvalue weighted by molar-refractivity contribution is 6.91. The number of benzene rings is 2. The SMILES string of the molecule is C/C=C\CC(OC(=O)c1cc([N+](=O)[O-])cc([N+](=O)[O-])c1)[Si](C)(C)c1ccccc1. The number of hydrogen-bond acceptors (Lipinski definition) is 6. The zero-order valence-electron chi connectivity index (χ0n) is 16.4. The first-order valence-electron chi connectivity index (χ1n) is 8.98. The molecule has 2 aromatic rings. The van der Waals surface area contributed by atoms with Crippen LogP contribution in [0.4, 0.5) is 11.4 Å². The number of nitrogens with zero attached hydrogens (tertiary/aromatic N) is 2. The molecule has 0 bridgehead atoms. The van der Waals surface area contributed by atoms with Crippen LogP contribution in [-0.4, -0.2) is 29.6 Å². The molecule has 0 heterocycles. The van der Waals surface area contributed by atoms with Gasteiger partial charge in [0.1, 0.15) is 8.07 Å². The summed E-state index contributed by atoms with van der Waals surface area (Å²) in [5, 5.41) is 23.3. The molecule has 29 heavy (non-hydrogen) atoms. The third-order valence-electron chi connectivity index (χ3n) is 4.72. The Kier molecular flexibility index (Phi) is 7.00. The molecule has 0 aliphatic rings. The predicted molar refractivity (Wildman–Crippen MR) is 112 cm³/mol. The van der Waals surface area contributed by atoms with E-state index < -0.39 is 41.0 Å². The van der Waals surface area contributed by atoms with Gasteiger partial charge in [0, 0.05) is 12.1 Å². The van der Waals surface area contributed by atoms with Gasteiger partial charge in [-0.2, -0.15) is 0 Å². The number of hydrogen-bond donors (Lipinski definition) is 0. The highest BCUT2D eigenvalue weighted by atomic mass is 28.3. The number of carbonyl (C=O) groups excluding carboxylic acids is 1. The Labute approximate surface area is 169 Å². The fourth-order valence-corrected chi connectivity index (χ4v) is 5.47. The van der Waals surface area contributed by atoms with Crippen molar-refractivity contribution in [2.24, 2.45) is 0 Å². The number of allylic oxidation sites excluding steroid dienone is 1. The van der Waals surface area contributed by atoms with E-state index in [9.17, 15) is 25.0 Å². The monoisotopic (exact) mass is 414 g/mol. The van der Waals surface area contributed by atoms with Gasteiger partial charge in [-0.1, -0.05) is 60.8 Å². The lowest BCUT2D eigenvalue weighted by molar-refractivity contribution is -0.394. The van der Waals surface area contributed by atoms with Crippen molar-refractivity contribution in [3.05, 3.63) is 86.5 Å². The number of ether oxygens (including phenoxy) is 1. The van der Waals surface area contributed by atoms with Crippen LogP contribution in [-0.2, 0) is 4.74 Å². The number of esters is 1. The Morgan fingerprint density at radius 2 is 1.62 bits per heavy atom. The smallest absolute Gasteiger partial charge is 0.338 e. The summed E-state index contributed by atoms with van der Waals surface area (Å²) in [5.74, 6) is -0.817. The van der Waals surface area contributed by atoms with E-state index in [1.54, 1.807) is 0 Å². The van der Waals surface area contributed by atoms with Crippen molar-refractivity contribution in [1.29, 1.82) is 0 Å². The van der Waals surface area contributed by atoms with Crippen molar-refractivity contribution >= 4 is 30.6 Å². The number of rotatable bonds is 8. The van der Waals surface area contributed by atoms with Crippen molar-refractivity contribution in [3.8, 4) is 0 Å². The van der Waals surface area contributed by atoms with Crippen LogP contribution < -0.4 is 5.19 Å². The standard InChI is InChI=1S/C20H22N2O6Si/c1-4-5-11-19(29(2,3)18-9-7-6-8-10-18)28-20(23)15-12-16(21(24)25)14-17(13-15)22(26)27/h4-10,12-14,19H,11H2,1-3H3/b5-4-. The summed E-state index contributed by atoms with van der Waals surface area (Å²) in [6.07, 6.45) is 4.23. The highest BCUT2D eigenvalue weighted by Crippen LogP contribution is 2.25. The summed E-state index contributed by atoms with van der Waals surface area (Å²) in [5.41, 5.74) is -1.73. The zero-order valence-corrected chi connectivity index (χ0v) is 17.4. The molecule has 0 saturated carbocycles. The van der Waals surface area contributed by atoms with E-state index in [0.29, 0.717) is 6.42 Å². The van der Waals surface area contributed by atoms with Crippen LogP contribution in [0.25, 0.3) is 0 Å². The minimum atomic E-state index is -2.27. The van der Waals surface area contributed by atoms with Crippen molar-refractivity contribution in [3.63, 3.8) is 0 Å². The summed E-state index contributed by atoms with van der Waals surface area (Å²) in [6, 6.07) is 12.5. The van der Waals surface area contributed by atoms with E-state index in [4.69, 9.17) is 4.74 Å². The number of nitro benzene ring substituents is 2.